The van der Waals surface area contributed by atoms with E-state index in [4.69, 9.17) is 4.74 Å². The van der Waals surface area contributed by atoms with Crippen molar-refractivity contribution < 1.29 is 24.2 Å². The van der Waals surface area contributed by atoms with Crippen LogP contribution in [0.25, 0.3) is 0 Å². The normalized spacial score (nSPS) is 12.4. The zero-order valence-corrected chi connectivity index (χ0v) is 17.2. The topological polar surface area (TPSA) is 133 Å². The fourth-order valence-corrected chi connectivity index (χ4v) is 3.05. The van der Waals surface area contributed by atoms with Crippen molar-refractivity contribution in [2.75, 3.05) is 6.61 Å². The first-order valence-electron chi connectivity index (χ1n) is 10.0. The molecule has 1 heterocycles. The van der Waals surface area contributed by atoms with Crippen LogP contribution >= 0.6 is 0 Å². The van der Waals surface area contributed by atoms with Gasteiger partial charge in [-0.3, -0.25) is 9.59 Å². The Balaban J connectivity index is 1.67. The summed E-state index contributed by atoms with van der Waals surface area (Å²) < 4.78 is 5.44. The number of carbonyl (C=O) groups excluding carboxylic acids is 2. The molecule has 0 aliphatic rings. The van der Waals surface area contributed by atoms with Crippen LogP contribution in [-0.4, -0.2) is 51.5 Å². The van der Waals surface area contributed by atoms with Crippen molar-refractivity contribution in [3.8, 4) is 5.75 Å². The van der Waals surface area contributed by atoms with Gasteiger partial charge in [0.1, 0.15) is 17.8 Å². The highest BCUT2D eigenvalue weighted by Crippen LogP contribution is 2.09. The Morgan fingerprint density at radius 2 is 1.62 bits per heavy atom. The molecular weight excluding hydrogens is 412 g/mol. The number of imidazole rings is 1. The van der Waals surface area contributed by atoms with Gasteiger partial charge in [-0.2, -0.15) is 0 Å². The van der Waals surface area contributed by atoms with Gasteiger partial charge in [-0.05, 0) is 17.7 Å². The Labute approximate surface area is 184 Å². The molecule has 0 fully saturated rings. The van der Waals surface area contributed by atoms with Gasteiger partial charge < -0.3 is 25.5 Å². The molecule has 0 saturated heterocycles. The molecule has 166 valence electrons. The van der Waals surface area contributed by atoms with Crippen LogP contribution in [0.2, 0.25) is 0 Å². The van der Waals surface area contributed by atoms with E-state index >= 15 is 0 Å². The van der Waals surface area contributed by atoms with E-state index in [0.29, 0.717) is 11.4 Å². The van der Waals surface area contributed by atoms with Crippen LogP contribution in [0.1, 0.15) is 11.3 Å². The summed E-state index contributed by atoms with van der Waals surface area (Å²) in [5.74, 6) is -1.76. The van der Waals surface area contributed by atoms with Crippen molar-refractivity contribution >= 4 is 17.8 Å². The number of carboxylic acids is 1. The fourth-order valence-electron chi connectivity index (χ4n) is 3.05. The molecule has 3 aromatic rings. The number of carboxylic acid groups (broad SMARTS) is 1. The van der Waals surface area contributed by atoms with Crippen molar-refractivity contribution in [1.82, 2.24) is 20.6 Å². The number of benzene rings is 2. The standard InChI is InChI=1S/C23H24N4O5/c28-21(14-32-18-9-5-2-6-10-18)26-19(11-16-7-3-1-4-8-16)22(29)27-20(23(30)31)12-17-13-24-15-25-17/h1-10,13,15,19-20H,11-12,14H2,(H,24,25)(H,26,28)(H,27,29)(H,30,31)/t19-,20-/m0/s1. The lowest BCUT2D eigenvalue weighted by molar-refractivity contribution is -0.142. The van der Waals surface area contributed by atoms with E-state index in [1.54, 1.807) is 24.3 Å². The van der Waals surface area contributed by atoms with Crippen molar-refractivity contribution in [2.45, 2.75) is 24.9 Å². The number of amides is 2. The molecule has 9 heteroatoms. The third-order valence-electron chi connectivity index (χ3n) is 4.64. The van der Waals surface area contributed by atoms with Crippen LogP contribution in [0.5, 0.6) is 5.75 Å². The second kappa shape index (κ2) is 11.3. The van der Waals surface area contributed by atoms with Crippen LogP contribution in [0.3, 0.4) is 0 Å². The highest BCUT2D eigenvalue weighted by Gasteiger charge is 2.27. The maximum Gasteiger partial charge on any atom is 0.326 e. The third-order valence-corrected chi connectivity index (χ3v) is 4.64. The lowest BCUT2D eigenvalue weighted by Crippen LogP contribution is -2.53. The number of para-hydroxylation sites is 1. The van der Waals surface area contributed by atoms with E-state index in [-0.39, 0.29) is 19.4 Å². The number of hydrogen-bond acceptors (Lipinski definition) is 5. The van der Waals surface area contributed by atoms with E-state index in [1.807, 2.05) is 36.4 Å². The number of H-pyrrole nitrogens is 1. The first-order valence-corrected chi connectivity index (χ1v) is 10.0. The molecule has 1 aromatic heterocycles. The SMILES string of the molecule is O=C(COc1ccccc1)N[C@@H](Cc1ccccc1)C(=O)N[C@@H](Cc1cnc[nH]1)C(=O)O. The summed E-state index contributed by atoms with van der Waals surface area (Å²) in [7, 11) is 0. The monoisotopic (exact) mass is 436 g/mol. The maximum atomic E-state index is 12.9. The number of nitrogens with zero attached hydrogens (tertiary/aromatic N) is 1. The predicted octanol–water partition coefficient (Wildman–Crippen LogP) is 1.33. The third kappa shape index (κ3) is 6.98. The number of aromatic amines is 1. The quantitative estimate of drug-likeness (QED) is 0.358. The number of aliphatic carboxylic acids is 1. The molecule has 0 saturated carbocycles. The molecule has 4 N–H and O–H groups in total. The van der Waals surface area contributed by atoms with E-state index < -0.39 is 29.9 Å². The van der Waals surface area contributed by atoms with Gasteiger partial charge in [0, 0.05) is 24.7 Å². The summed E-state index contributed by atoms with van der Waals surface area (Å²) in [6, 6.07) is 15.8. The van der Waals surface area contributed by atoms with Gasteiger partial charge in [0.15, 0.2) is 6.61 Å². The minimum absolute atomic E-state index is 0.0319. The van der Waals surface area contributed by atoms with Crippen LogP contribution in [0.15, 0.2) is 73.2 Å². The molecule has 9 nitrogen and oxygen atoms in total. The summed E-state index contributed by atoms with van der Waals surface area (Å²) >= 11 is 0. The minimum Gasteiger partial charge on any atom is -0.484 e. The highest BCUT2D eigenvalue weighted by atomic mass is 16.5. The molecule has 0 aliphatic carbocycles. The lowest BCUT2D eigenvalue weighted by atomic mass is 10.0. The van der Waals surface area contributed by atoms with Crippen molar-refractivity contribution in [1.29, 1.82) is 0 Å². The zero-order valence-electron chi connectivity index (χ0n) is 17.2. The predicted molar refractivity (Wildman–Crippen MR) is 116 cm³/mol. The van der Waals surface area contributed by atoms with Gasteiger partial charge in [0.2, 0.25) is 5.91 Å². The van der Waals surface area contributed by atoms with E-state index in [1.165, 1.54) is 12.5 Å². The number of nitrogens with one attached hydrogen (secondary N) is 3. The van der Waals surface area contributed by atoms with Crippen LogP contribution < -0.4 is 15.4 Å². The number of hydrogen-bond donors (Lipinski definition) is 4. The van der Waals surface area contributed by atoms with Gasteiger partial charge in [0.25, 0.3) is 5.91 Å². The summed E-state index contributed by atoms with van der Waals surface area (Å²) in [6.07, 6.45) is 3.15. The lowest BCUT2D eigenvalue weighted by Gasteiger charge is -2.21. The summed E-state index contributed by atoms with van der Waals surface area (Å²) in [4.78, 5) is 43.7. The Hall–Kier alpha value is -4.14. The highest BCUT2D eigenvalue weighted by molar-refractivity contribution is 5.91. The van der Waals surface area contributed by atoms with Gasteiger partial charge in [-0.15, -0.1) is 0 Å². The molecule has 2 atom stereocenters. The Bertz CT molecular complexity index is 1010. The second-order valence-corrected chi connectivity index (χ2v) is 7.09. The average Bonchev–Trinajstić information content (AvgIpc) is 3.31. The summed E-state index contributed by atoms with van der Waals surface area (Å²) in [6.45, 7) is -0.279. The van der Waals surface area contributed by atoms with Crippen LogP contribution in [-0.2, 0) is 27.2 Å². The first-order chi connectivity index (χ1) is 15.5. The molecule has 0 unspecified atom stereocenters. The maximum absolute atomic E-state index is 12.9. The zero-order chi connectivity index (χ0) is 22.8. The smallest absolute Gasteiger partial charge is 0.326 e. The first kappa shape index (κ1) is 22.5. The Morgan fingerprint density at radius 1 is 0.938 bits per heavy atom. The Morgan fingerprint density at radius 3 is 2.25 bits per heavy atom. The van der Waals surface area contributed by atoms with E-state index in [9.17, 15) is 19.5 Å². The molecular formula is C23H24N4O5. The molecule has 0 bridgehead atoms. The molecule has 0 aliphatic heterocycles. The molecule has 32 heavy (non-hydrogen) atoms. The number of rotatable bonds is 11. The van der Waals surface area contributed by atoms with Crippen LogP contribution in [0.4, 0.5) is 0 Å². The van der Waals surface area contributed by atoms with Crippen molar-refractivity contribution in [2.24, 2.45) is 0 Å². The van der Waals surface area contributed by atoms with Crippen LogP contribution in [0, 0.1) is 0 Å². The van der Waals surface area contributed by atoms with E-state index in [2.05, 4.69) is 20.6 Å². The molecule has 3 rings (SSSR count). The Kier molecular flexibility index (Phi) is 7.96. The van der Waals surface area contributed by atoms with Gasteiger partial charge >= 0.3 is 5.97 Å². The second-order valence-electron chi connectivity index (χ2n) is 7.09. The number of aromatic nitrogens is 2. The summed E-state index contributed by atoms with van der Waals surface area (Å²) in [5.41, 5.74) is 1.38. The average molecular weight is 436 g/mol. The van der Waals surface area contributed by atoms with Gasteiger partial charge in [0.05, 0.1) is 6.33 Å². The fraction of sp³-hybridized carbons (Fsp3) is 0.217. The summed E-state index contributed by atoms with van der Waals surface area (Å²) in [5, 5.41) is 14.7. The van der Waals surface area contributed by atoms with Gasteiger partial charge in [-0.25, -0.2) is 9.78 Å². The molecule has 2 aromatic carbocycles. The minimum atomic E-state index is -1.19. The number of carbonyl (C=O) groups is 3. The number of ether oxygens (including phenoxy) is 1. The molecule has 0 spiro atoms. The van der Waals surface area contributed by atoms with E-state index in [0.717, 1.165) is 5.56 Å². The van der Waals surface area contributed by atoms with Crippen molar-refractivity contribution in [3.63, 3.8) is 0 Å². The van der Waals surface area contributed by atoms with Crippen molar-refractivity contribution in [3.05, 3.63) is 84.4 Å². The van der Waals surface area contributed by atoms with Gasteiger partial charge in [-0.1, -0.05) is 48.5 Å². The molecule has 2 amide bonds. The molecule has 0 radical (unpaired) electrons. The largest absolute Gasteiger partial charge is 0.484 e.